The van der Waals surface area contributed by atoms with E-state index in [1.165, 1.54) is 37.6 Å². The van der Waals surface area contributed by atoms with Crippen LogP contribution >= 0.6 is 0 Å². The van der Waals surface area contributed by atoms with Crippen LogP contribution in [0.25, 0.3) is 27.4 Å². The first-order chi connectivity index (χ1) is 33.1. The van der Waals surface area contributed by atoms with Gasteiger partial charge in [-0.05, 0) is 60.5 Å². The fourth-order valence-electron chi connectivity index (χ4n) is 8.21. The number of nitrogens with one attached hydrogen (secondary N) is 3. The van der Waals surface area contributed by atoms with E-state index < -0.39 is 41.4 Å². The number of benzene rings is 3. The van der Waals surface area contributed by atoms with Crippen molar-refractivity contribution in [3.63, 3.8) is 0 Å². The molecule has 0 saturated carbocycles. The highest BCUT2D eigenvalue weighted by Crippen LogP contribution is 2.37. The zero-order chi connectivity index (χ0) is 47.7. The van der Waals surface area contributed by atoms with E-state index in [1.807, 2.05) is 11.0 Å². The average Bonchev–Trinajstić information content (AvgIpc) is 3.61. The minimum atomic E-state index is -1.06. The number of anilines is 3. The third-order valence-electron chi connectivity index (χ3n) is 11.6. The predicted molar refractivity (Wildman–Crippen MR) is 245 cm³/mol. The molecule has 0 bridgehead atoms. The first-order valence-corrected chi connectivity index (χ1v) is 21.8. The van der Waals surface area contributed by atoms with Crippen molar-refractivity contribution in [3.8, 4) is 28.3 Å². The molecule has 2 fully saturated rings. The van der Waals surface area contributed by atoms with E-state index in [0.29, 0.717) is 66.6 Å². The number of imide groups is 2. The SMILES string of the molecule is [C-]#[N+]c1ccncc1-c1ccc(NC(=O)c2ccnc(-c3c(F)cccc3OC)n2)c(N2CCN(C(=O)CCOCCOCCNc3cccc4c3C(=O)N(C3CCC(=O)NC3=O)C4=O)CC2)c1. The van der Waals surface area contributed by atoms with Gasteiger partial charge in [0.25, 0.3) is 17.7 Å². The summed E-state index contributed by atoms with van der Waals surface area (Å²) in [5.41, 5.74) is 3.62. The van der Waals surface area contributed by atoms with Crippen molar-refractivity contribution in [3.05, 3.63) is 119 Å². The Hall–Kier alpha value is -8.15. The van der Waals surface area contributed by atoms with Crippen LogP contribution in [-0.4, -0.2) is 132 Å². The number of halogens is 1. The standard InChI is InChI=1S/C48H45FN10O9/c1-50-33-13-16-51-28-31(33)29-9-10-34(55-45(62)36-14-17-53-44(54-36)43-32(49)6-4-8-39(43)66-2)38(27-29)57-19-21-58(22-20-57)41(61)15-23-67-25-26-68-24-18-52-35-7-3-5-30-42(35)48(65)59(47(30)64)37-11-12-40(60)56-46(37)63/h3-10,13-14,16-17,27-28,37,52H,11-12,15,18-26H2,2H3,(H,55,62)(H,56,60,63). The van der Waals surface area contributed by atoms with Crippen LogP contribution in [-0.2, 0) is 23.9 Å². The monoisotopic (exact) mass is 924 g/mol. The number of fused-ring (bicyclic) bond motifs is 1. The van der Waals surface area contributed by atoms with Gasteiger partial charge in [0, 0.05) is 69.0 Å². The molecule has 2 saturated heterocycles. The highest BCUT2D eigenvalue weighted by Gasteiger charge is 2.45. The molecule has 3 aromatic carbocycles. The van der Waals surface area contributed by atoms with Crippen molar-refractivity contribution in [1.82, 2.24) is 30.1 Å². The number of hydrogen-bond donors (Lipinski definition) is 3. The highest BCUT2D eigenvalue weighted by molar-refractivity contribution is 6.25. The summed E-state index contributed by atoms with van der Waals surface area (Å²) in [6.45, 7) is 10.6. The second-order valence-electron chi connectivity index (χ2n) is 15.7. The maximum atomic E-state index is 14.9. The van der Waals surface area contributed by atoms with Crippen molar-refractivity contribution in [1.29, 1.82) is 0 Å². The number of piperidine rings is 1. The van der Waals surface area contributed by atoms with Gasteiger partial charge in [-0.15, -0.1) is 0 Å². The molecule has 3 aliphatic heterocycles. The number of methoxy groups -OCH3 is 1. The third kappa shape index (κ3) is 9.98. The average molecular weight is 925 g/mol. The molecule has 19 nitrogen and oxygen atoms in total. The number of ether oxygens (including phenoxy) is 3. The van der Waals surface area contributed by atoms with Gasteiger partial charge < -0.3 is 34.6 Å². The summed E-state index contributed by atoms with van der Waals surface area (Å²) in [6.07, 6.45) is 4.78. The van der Waals surface area contributed by atoms with E-state index in [-0.39, 0.29) is 85.6 Å². The van der Waals surface area contributed by atoms with E-state index in [0.717, 1.165) is 4.90 Å². The Morgan fingerprint density at radius 3 is 2.46 bits per heavy atom. The normalized spacial score (nSPS) is 15.7. The number of carbonyl (C=O) groups excluding carboxylic acids is 6. The second-order valence-corrected chi connectivity index (χ2v) is 15.7. The molecule has 20 heteroatoms. The minimum absolute atomic E-state index is 0.00822. The quantitative estimate of drug-likeness (QED) is 0.0652. The lowest BCUT2D eigenvalue weighted by atomic mass is 10.0. The maximum absolute atomic E-state index is 14.9. The largest absolute Gasteiger partial charge is 0.496 e. The number of pyridine rings is 1. The first-order valence-electron chi connectivity index (χ1n) is 21.8. The van der Waals surface area contributed by atoms with E-state index in [1.54, 1.807) is 53.7 Å². The van der Waals surface area contributed by atoms with Crippen LogP contribution in [0.2, 0.25) is 0 Å². The Balaban J connectivity index is 0.815. The summed E-state index contributed by atoms with van der Waals surface area (Å²) in [6, 6.07) is 16.5. The number of rotatable bonds is 17. The highest BCUT2D eigenvalue weighted by atomic mass is 19.1. The van der Waals surface area contributed by atoms with E-state index in [2.05, 4.69) is 35.7 Å². The number of aromatic nitrogens is 3. The van der Waals surface area contributed by atoms with Gasteiger partial charge in [0.1, 0.15) is 23.3 Å². The molecule has 8 rings (SSSR count). The van der Waals surface area contributed by atoms with Gasteiger partial charge >= 0.3 is 0 Å². The zero-order valence-electron chi connectivity index (χ0n) is 36.8. The summed E-state index contributed by atoms with van der Waals surface area (Å²) < 4.78 is 31.6. The summed E-state index contributed by atoms with van der Waals surface area (Å²) in [5, 5.41) is 8.27. The molecule has 0 spiro atoms. The molecule has 3 N–H and O–H groups in total. The lowest BCUT2D eigenvalue weighted by molar-refractivity contribution is -0.136. The Bertz CT molecular complexity index is 2830. The fourth-order valence-corrected chi connectivity index (χ4v) is 8.21. The number of carbonyl (C=O) groups is 6. The molecule has 0 radical (unpaired) electrons. The van der Waals surface area contributed by atoms with E-state index in [9.17, 15) is 33.2 Å². The minimum Gasteiger partial charge on any atom is -0.496 e. The predicted octanol–water partition coefficient (Wildman–Crippen LogP) is 4.74. The van der Waals surface area contributed by atoms with Crippen LogP contribution in [0.5, 0.6) is 5.75 Å². The summed E-state index contributed by atoms with van der Waals surface area (Å²) >= 11 is 0. The van der Waals surface area contributed by atoms with Gasteiger partial charge in [-0.1, -0.05) is 18.2 Å². The van der Waals surface area contributed by atoms with E-state index >= 15 is 0 Å². The topological polar surface area (TPSA) is 219 Å². The summed E-state index contributed by atoms with van der Waals surface area (Å²) in [5.74, 6) is -3.37. The van der Waals surface area contributed by atoms with Crippen LogP contribution in [0.15, 0.2) is 85.3 Å². The van der Waals surface area contributed by atoms with Crippen LogP contribution < -0.4 is 25.6 Å². The fraction of sp³-hybridized carbons (Fsp3) is 0.292. The Morgan fingerprint density at radius 2 is 1.68 bits per heavy atom. The molecule has 5 heterocycles. The van der Waals surface area contributed by atoms with Gasteiger partial charge in [-0.25, -0.2) is 19.2 Å². The third-order valence-corrected chi connectivity index (χ3v) is 11.6. The van der Waals surface area contributed by atoms with Crippen molar-refractivity contribution >= 4 is 58.2 Å². The smallest absolute Gasteiger partial charge is 0.274 e. The lowest BCUT2D eigenvalue weighted by Crippen LogP contribution is -2.54. The summed E-state index contributed by atoms with van der Waals surface area (Å²) in [7, 11) is 1.40. The summed E-state index contributed by atoms with van der Waals surface area (Å²) in [4.78, 5) is 98.6. The zero-order valence-corrected chi connectivity index (χ0v) is 36.8. The molecular weight excluding hydrogens is 880 g/mol. The maximum Gasteiger partial charge on any atom is 0.274 e. The van der Waals surface area contributed by atoms with E-state index in [4.69, 9.17) is 20.8 Å². The number of amides is 6. The van der Waals surface area contributed by atoms with Gasteiger partial charge in [0.2, 0.25) is 17.7 Å². The Labute approximate surface area is 389 Å². The molecule has 1 atom stereocenters. The van der Waals surface area contributed by atoms with Crippen LogP contribution in [0, 0.1) is 12.4 Å². The lowest BCUT2D eigenvalue weighted by Gasteiger charge is -2.37. The van der Waals surface area contributed by atoms with Gasteiger partial charge in [-0.3, -0.25) is 44.0 Å². The molecule has 348 valence electrons. The molecule has 2 aromatic heterocycles. The Kier molecular flexibility index (Phi) is 14.3. The Morgan fingerprint density at radius 1 is 0.882 bits per heavy atom. The van der Waals surface area contributed by atoms with Crippen LogP contribution in [0.1, 0.15) is 50.5 Å². The van der Waals surface area contributed by atoms with Crippen LogP contribution in [0.3, 0.4) is 0 Å². The molecule has 0 aliphatic carbocycles. The number of piperazine rings is 1. The molecule has 68 heavy (non-hydrogen) atoms. The van der Waals surface area contributed by atoms with Gasteiger partial charge in [-0.2, -0.15) is 0 Å². The molecule has 1 unspecified atom stereocenters. The van der Waals surface area contributed by atoms with Crippen molar-refractivity contribution < 1.29 is 47.4 Å². The van der Waals surface area contributed by atoms with Gasteiger partial charge in [0.05, 0.1) is 74.6 Å². The second kappa shape index (κ2) is 21.0. The van der Waals surface area contributed by atoms with Gasteiger partial charge in [0.15, 0.2) is 11.5 Å². The van der Waals surface area contributed by atoms with Crippen molar-refractivity contribution in [2.24, 2.45) is 0 Å². The van der Waals surface area contributed by atoms with Crippen molar-refractivity contribution in [2.45, 2.75) is 25.3 Å². The van der Waals surface area contributed by atoms with Crippen molar-refractivity contribution in [2.75, 3.05) is 81.8 Å². The number of nitrogens with zero attached hydrogens (tertiary/aromatic N) is 7. The number of hydrogen-bond acceptors (Lipinski definition) is 14. The molecule has 5 aromatic rings. The first kappa shape index (κ1) is 46.4. The van der Waals surface area contributed by atoms with Crippen LogP contribution in [0.4, 0.5) is 27.1 Å². The molecule has 3 aliphatic rings. The molecule has 6 amide bonds. The molecular formula is C48H45FN10O9.